The number of hydrogen-bond donors (Lipinski definition) is 3. The quantitative estimate of drug-likeness (QED) is 0.448. The van der Waals surface area contributed by atoms with Crippen molar-refractivity contribution in [2.75, 3.05) is 12.4 Å². The zero-order valence-electron chi connectivity index (χ0n) is 15.8. The van der Waals surface area contributed by atoms with E-state index in [9.17, 15) is 19.2 Å². The van der Waals surface area contributed by atoms with E-state index in [1.54, 1.807) is 31.2 Å². The van der Waals surface area contributed by atoms with E-state index < -0.39 is 29.7 Å². The lowest BCUT2D eigenvalue weighted by Crippen LogP contribution is -2.38. The normalized spacial score (nSPS) is 11.3. The molecule has 29 heavy (non-hydrogen) atoms. The van der Waals surface area contributed by atoms with Gasteiger partial charge in [-0.05, 0) is 48.4 Å². The summed E-state index contributed by atoms with van der Waals surface area (Å²) in [6.45, 7) is 1.67. The van der Waals surface area contributed by atoms with Crippen molar-refractivity contribution in [2.45, 2.75) is 19.4 Å². The summed E-state index contributed by atoms with van der Waals surface area (Å²) in [6.07, 6.45) is -0.135. The molecular formula is C20H20BrN3O5. The molecule has 0 aliphatic heterocycles. The zero-order valence-corrected chi connectivity index (χ0v) is 17.4. The highest BCUT2D eigenvalue weighted by atomic mass is 79.9. The second-order valence-electron chi connectivity index (χ2n) is 6.21. The molecule has 0 aliphatic rings. The molecular weight excluding hydrogens is 442 g/mol. The summed E-state index contributed by atoms with van der Waals surface area (Å²) in [4.78, 5) is 47.6. The van der Waals surface area contributed by atoms with Gasteiger partial charge in [0.2, 0.25) is 5.91 Å². The number of nitrogens with one attached hydrogen (secondary N) is 2. The van der Waals surface area contributed by atoms with Crippen LogP contribution in [0.1, 0.15) is 33.9 Å². The number of aryl methyl sites for hydroxylation is 1. The van der Waals surface area contributed by atoms with Gasteiger partial charge < -0.3 is 21.1 Å². The number of esters is 1. The van der Waals surface area contributed by atoms with Gasteiger partial charge in [-0.3, -0.25) is 19.2 Å². The van der Waals surface area contributed by atoms with Gasteiger partial charge in [-0.15, -0.1) is 0 Å². The van der Waals surface area contributed by atoms with Crippen LogP contribution < -0.4 is 16.4 Å². The second-order valence-corrected chi connectivity index (χ2v) is 7.12. The van der Waals surface area contributed by atoms with Crippen molar-refractivity contribution >= 4 is 45.3 Å². The molecule has 1 atom stereocenters. The third kappa shape index (κ3) is 6.15. The Morgan fingerprint density at radius 3 is 2.28 bits per heavy atom. The molecule has 0 bridgehead atoms. The van der Waals surface area contributed by atoms with Gasteiger partial charge in [0.25, 0.3) is 0 Å². The third-order valence-corrected chi connectivity index (χ3v) is 4.67. The molecule has 0 fully saturated rings. The number of carbonyl (C=O) groups excluding carboxylic acids is 4. The maximum absolute atomic E-state index is 12.4. The van der Waals surface area contributed by atoms with Gasteiger partial charge in [-0.25, -0.2) is 0 Å². The van der Waals surface area contributed by atoms with E-state index in [0.717, 1.165) is 4.47 Å². The molecule has 152 valence electrons. The van der Waals surface area contributed by atoms with E-state index in [1.165, 1.54) is 25.3 Å². The van der Waals surface area contributed by atoms with Crippen molar-refractivity contribution in [1.82, 2.24) is 5.32 Å². The van der Waals surface area contributed by atoms with Crippen molar-refractivity contribution in [3.63, 3.8) is 0 Å². The Morgan fingerprint density at radius 1 is 1.07 bits per heavy atom. The Labute approximate surface area is 175 Å². The van der Waals surface area contributed by atoms with Crippen LogP contribution in [0.4, 0.5) is 5.69 Å². The number of rotatable bonds is 6. The van der Waals surface area contributed by atoms with Crippen LogP contribution in [0.2, 0.25) is 0 Å². The Hall–Kier alpha value is -3.20. The lowest BCUT2D eigenvalue weighted by atomic mass is 10.0. The number of methoxy groups -OCH3 is 1. The maximum atomic E-state index is 12.4. The molecule has 0 saturated heterocycles. The molecule has 0 spiro atoms. The minimum atomic E-state index is -0.916. The minimum Gasteiger partial charge on any atom is -0.469 e. The second kappa shape index (κ2) is 9.83. The zero-order chi connectivity index (χ0) is 21.6. The fourth-order valence-corrected chi connectivity index (χ4v) is 2.82. The molecule has 2 aromatic carbocycles. The molecule has 9 heteroatoms. The SMILES string of the molecule is COC(=O)C[C@H](NC(=O)C(=O)Nc1ccc(C(N)=O)cc1C)c1ccc(Br)cc1. The van der Waals surface area contributed by atoms with E-state index in [1.807, 2.05) is 0 Å². The first kappa shape index (κ1) is 22.1. The molecule has 2 rings (SSSR count). The molecule has 2 aromatic rings. The van der Waals surface area contributed by atoms with E-state index in [0.29, 0.717) is 22.4 Å². The monoisotopic (exact) mass is 461 g/mol. The highest BCUT2D eigenvalue weighted by molar-refractivity contribution is 9.10. The average molecular weight is 462 g/mol. The number of carbonyl (C=O) groups is 4. The van der Waals surface area contributed by atoms with Crippen molar-refractivity contribution in [1.29, 1.82) is 0 Å². The number of amides is 3. The van der Waals surface area contributed by atoms with Crippen LogP contribution in [0, 0.1) is 6.92 Å². The number of anilines is 1. The van der Waals surface area contributed by atoms with Crippen molar-refractivity contribution in [3.05, 3.63) is 63.6 Å². The highest BCUT2D eigenvalue weighted by Crippen LogP contribution is 2.21. The summed E-state index contributed by atoms with van der Waals surface area (Å²) in [5.74, 6) is -2.95. The summed E-state index contributed by atoms with van der Waals surface area (Å²) in [7, 11) is 1.24. The van der Waals surface area contributed by atoms with Crippen LogP contribution in [0.25, 0.3) is 0 Å². The third-order valence-electron chi connectivity index (χ3n) is 4.14. The molecule has 4 N–H and O–H groups in total. The summed E-state index contributed by atoms with van der Waals surface area (Å²) >= 11 is 3.32. The predicted octanol–water partition coefficient (Wildman–Crippen LogP) is 2.22. The van der Waals surface area contributed by atoms with E-state index in [2.05, 4.69) is 31.3 Å². The van der Waals surface area contributed by atoms with E-state index >= 15 is 0 Å². The number of primary amides is 1. The molecule has 8 nitrogen and oxygen atoms in total. The highest BCUT2D eigenvalue weighted by Gasteiger charge is 2.23. The van der Waals surface area contributed by atoms with Gasteiger partial charge in [0.15, 0.2) is 0 Å². The van der Waals surface area contributed by atoms with Crippen LogP contribution in [-0.4, -0.2) is 30.8 Å². The number of ether oxygens (including phenoxy) is 1. The summed E-state index contributed by atoms with van der Waals surface area (Å²) in [5.41, 5.74) is 7.09. The fourth-order valence-electron chi connectivity index (χ4n) is 2.56. The molecule has 0 unspecified atom stereocenters. The lowest BCUT2D eigenvalue weighted by molar-refractivity contribution is -0.142. The maximum Gasteiger partial charge on any atom is 0.313 e. The number of hydrogen-bond acceptors (Lipinski definition) is 5. The van der Waals surface area contributed by atoms with Gasteiger partial charge in [-0.1, -0.05) is 28.1 Å². The van der Waals surface area contributed by atoms with Crippen LogP contribution in [0.3, 0.4) is 0 Å². The van der Waals surface area contributed by atoms with Crippen LogP contribution in [0.5, 0.6) is 0 Å². The summed E-state index contributed by atoms with van der Waals surface area (Å²) < 4.78 is 5.50. The first-order valence-electron chi connectivity index (χ1n) is 8.56. The first-order chi connectivity index (χ1) is 13.7. The Kier molecular flexibility index (Phi) is 7.49. The lowest BCUT2D eigenvalue weighted by Gasteiger charge is -2.18. The minimum absolute atomic E-state index is 0.135. The largest absolute Gasteiger partial charge is 0.469 e. The molecule has 0 heterocycles. The number of nitrogens with two attached hydrogens (primary N) is 1. The molecule has 3 amide bonds. The smallest absolute Gasteiger partial charge is 0.313 e. The van der Waals surface area contributed by atoms with E-state index in [4.69, 9.17) is 5.73 Å². The number of halogens is 1. The average Bonchev–Trinajstić information content (AvgIpc) is 2.69. The van der Waals surface area contributed by atoms with Gasteiger partial charge in [-0.2, -0.15) is 0 Å². The van der Waals surface area contributed by atoms with Crippen molar-refractivity contribution < 1.29 is 23.9 Å². The molecule has 0 aliphatic carbocycles. The molecule has 0 radical (unpaired) electrons. The topological polar surface area (TPSA) is 128 Å². The standard InChI is InChI=1S/C20H20BrN3O5/c1-11-9-13(18(22)26)5-8-15(11)23-19(27)20(28)24-16(10-17(25)29-2)12-3-6-14(21)7-4-12/h3-9,16H,10H2,1-2H3,(H2,22,26)(H,23,27)(H,24,28)/t16-/m0/s1. The van der Waals surface area contributed by atoms with Crippen LogP contribution in [0.15, 0.2) is 46.9 Å². The van der Waals surface area contributed by atoms with Gasteiger partial charge >= 0.3 is 17.8 Å². The summed E-state index contributed by atoms with van der Waals surface area (Å²) in [5, 5.41) is 5.03. The Bertz CT molecular complexity index is 944. The predicted molar refractivity (Wildman–Crippen MR) is 110 cm³/mol. The van der Waals surface area contributed by atoms with Crippen molar-refractivity contribution in [3.8, 4) is 0 Å². The van der Waals surface area contributed by atoms with E-state index in [-0.39, 0.29) is 6.42 Å². The summed E-state index contributed by atoms with van der Waals surface area (Å²) in [6, 6.07) is 10.7. The van der Waals surface area contributed by atoms with Gasteiger partial charge in [0.1, 0.15) is 0 Å². The Morgan fingerprint density at radius 2 is 1.72 bits per heavy atom. The van der Waals surface area contributed by atoms with Crippen LogP contribution in [-0.2, 0) is 19.1 Å². The molecule has 0 aromatic heterocycles. The molecule has 0 saturated carbocycles. The Balaban J connectivity index is 2.13. The number of benzene rings is 2. The van der Waals surface area contributed by atoms with Crippen molar-refractivity contribution in [2.24, 2.45) is 5.73 Å². The van der Waals surface area contributed by atoms with Crippen LogP contribution >= 0.6 is 15.9 Å². The first-order valence-corrected chi connectivity index (χ1v) is 9.35. The van der Waals surface area contributed by atoms with Gasteiger partial charge in [0.05, 0.1) is 19.6 Å². The van der Waals surface area contributed by atoms with Gasteiger partial charge in [0, 0.05) is 15.7 Å². The fraction of sp³-hybridized carbons (Fsp3) is 0.200.